The van der Waals surface area contributed by atoms with Crippen molar-refractivity contribution >= 4 is 17.2 Å². The minimum atomic E-state index is -0.137. The molecule has 4 rings (SSSR count). The number of ether oxygens (including phenoxy) is 1. The van der Waals surface area contributed by atoms with Crippen molar-refractivity contribution in [3.8, 4) is 0 Å². The Balaban J connectivity index is 1.35. The van der Waals surface area contributed by atoms with E-state index in [1.54, 1.807) is 35.9 Å². The molecule has 2 aliphatic rings. The van der Waals surface area contributed by atoms with Gasteiger partial charge in [-0.25, -0.2) is 4.98 Å². The summed E-state index contributed by atoms with van der Waals surface area (Å²) >= 11 is 1.69. The van der Waals surface area contributed by atoms with Gasteiger partial charge in [-0.3, -0.25) is 14.7 Å². The summed E-state index contributed by atoms with van der Waals surface area (Å²) in [5.74, 6) is -0.0483. The molecule has 7 heteroatoms. The van der Waals surface area contributed by atoms with Crippen molar-refractivity contribution in [3.63, 3.8) is 0 Å². The van der Waals surface area contributed by atoms with Crippen molar-refractivity contribution in [2.24, 2.45) is 0 Å². The van der Waals surface area contributed by atoms with Crippen LogP contribution in [0.3, 0.4) is 0 Å². The van der Waals surface area contributed by atoms with Gasteiger partial charge in [-0.05, 0) is 31.4 Å². The smallest absolute Gasteiger partial charge is 0.253 e. The van der Waals surface area contributed by atoms with Crippen LogP contribution in [0, 0.1) is 0 Å². The number of carbonyl (C=O) groups excluding carboxylic acids is 1. The molecule has 2 aromatic heterocycles. The molecule has 4 heterocycles. The second kappa shape index (κ2) is 7.19. The van der Waals surface area contributed by atoms with Crippen molar-refractivity contribution in [1.29, 1.82) is 0 Å². The summed E-state index contributed by atoms with van der Waals surface area (Å²) in [6, 6.07) is 3.73. The van der Waals surface area contributed by atoms with Gasteiger partial charge < -0.3 is 10.1 Å². The van der Waals surface area contributed by atoms with Crippen LogP contribution in [0.25, 0.3) is 0 Å². The first-order valence-electron chi connectivity index (χ1n) is 8.68. The van der Waals surface area contributed by atoms with E-state index in [4.69, 9.17) is 4.74 Å². The zero-order valence-electron chi connectivity index (χ0n) is 14.1. The maximum Gasteiger partial charge on any atom is 0.253 e. The lowest BCUT2D eigenvalue weighted by Crippen LogP contribution is -2.49. The largest absolute Gasteiger partial charge is 0.373 e. The van der Waals surface area contributed by atoms with Crippen LogP contribution in [0.2, 0.25) is 0 Å². The van der Waals surface area contributed by atoms with Crippen LogP contribution < -0.4 is 5.32 Å². The minimum absolute atomic E-state index is 0.0483. The van der Waals surface area contributed by atoms with E-state index >= 15 is 0 Å². The number of rotatable bonds is 4. The van der Waals surface area contributed by atoms with Gasteiger partial charge in [-0.1, -0.05) is 0 Å². The number of hydrogen-bond acceptors (Lipinski definition) is 6. The van der Waals surface area contributed by atoms with Crippen molar-refractivity contribution in [2.75, 3.05) is 19.7 Å². The second-order valence-corrected chi connectivity index (χ2v) is 7.80. The molecule has 1 N–H and O–H groups in total. The van der Waals surface area contributed by atoms with Gasteiger partial charge >= 0.3 is 0 Å². The molecule has 132 valence electrons. The van der Waals surface area contributed by atoms with Gasteiger partial charge in [0.15, 0.2) is 0 Å². The van der Waals surface area contributed by atoms with Gasteiger partial charge in [-0.15, -0.1) is 11.3 Å². The average Bonchev–Trinajstić information content (AvgIpc) is 3.27. The van der Waals surface area contributed by atoms with Crippen molar-refractivity contribution in [3.05, 3.63) is 46.7 Å². The van der Waals surface area contributed by atoms with Crippen molar-refractivity contribution in [1.82, 2.24) is 20.2 Å². The number of nitrogens with zero attached hydrogens (tertiary/aromatic N) is 3. The molecule has 25 heavy (non-hydrogen) atoms. The Hall–Kier alpha value is -1.83. The lowest BCUT2D eigenvalue weighted by atomic mass is 9.89. The number of amides is 1. The number of pyridine rings is 1. The Morgan fingerprint density at radius 3 is 3.24 bits per heavy atom. The lowest BCUT2D eigenvalue weighted by Gasteiger charge is -2.38. The fourth-order valence-corrected chi connectivity index (χ4v) is 4.44. The zero-order valence-corrected chi connectivity index (χ0v) is 14.9. The Kier molecular flexibility index (Phi) is 4.78. The number of nitrogens with one attached hydrogen (secondary N) is 1. The molecule has 0 unspecified atom stereocenters. The first-order valence-corrected chi connectivity index (χ1v) is 9.56. The molecule has 0 aliphatic carbocycles. The summed E-state index contributed by atoms with van der Waals surface area (Å²) in [7, 11) is 0. The quantitative estimate of drug-likeness (QED) is 0.906. The first kappa shape index (κ1) is 16.6. The summed E-state index contributed by atoms with van der Waals surface area (Å²) in [6.07, 6.45) is 7.88. The fraction of sp³-hybridized carbons (Fsp3) is 0.500. The van der Waals surface area contributed by atoms with Crippen LogP contribution in [0.1, 0.15) is 34.6 Å². The molecule has 1 amide bonds. The number of hydrogen-bond donors (Lipinski definition) is 1. The molecule has 2 fully saturated rings. The van der Waals surface area contributed by atoms with Crippen LogP contribution in [-0.4, -0.2) is 52.1 Å². The van der Waals surface area contributed by atoms with Crippen LogP contribution in [0.5, 0.6) is 0 Å². The van der Waals surface area contributed by atoms with E-state index in [-0.39, 0.29) is 17.6 Å². The van der Waals surface area contributed by atoms with E-state index in [1.165, 1.54) is 0 Å². The highest BCUT2D eigenvalue weighted by Gasteiger charge is 2.43. The van der Waals surface area contributed by atoms with Gasteiger partial charge in [0.2, 0.25) is 0 Å². The standard InChI is InChI=1S/C18H22N4O2S/c23-17(14-2-1-5-19-11-14)21-15-3-8-24-18(10-15)4-7-22(13-18)12-16-20-6-9-25-16/h1-2,5-6,9,11,15H,3-4,7-8,10,12-13H2,(H,21,23)/t15-,18-/m1/s1. The molecular formula is C18H22N4O2S. The van der Waals surface area contributed by atoms with Gasteiger partial charge in [0.05, 0.1) is 17.7 Å². The van der Waals surface area contributed by atoms with Crippen molar-refractivity contribution < 1.29 is 9.53 Å². The third kappa shape index (κ3) is 3.89. The molecule has 2 atom stereocenters. The number of likely N-dealkylation sites (tertiary alicyclic amines) is 1. The average molecular weight is 358 g/mol. The first-order chi connectivity index (χ1) is 12.2. The maximum absolute atomic E-state index is 12.4. The van der Waals surface area contributed by atoms with E-state index in [2.05, 4.69) is 20.2 Å². The molecule has 0 radical (unpaired) electrons. The monoisotopic (exact) mass is 358 g/mol. The molecule has 0 saturated carbocycles. The van der Waals surface area contributed by atoms with Crippen molar-refractivity contribution in [2.45, 2.75) is 37.5 Å². The SMILES string of the molecule is O=C(N[C@@H]1CCO[C@]2(CCN(Cc3nccs3)C2)C1)c1cccnc1. The number of thiazole rings is 1. The summed E-state index contributed by atoms with van der Waals surface area (Å²) in [6.45, 7) is 3.51. The number of aromatic nitrogens is 2. The number of carbonyl (C=O) groups is 1. The van der Waals surface area contributed by atoms with Crippen LogP contribution >= 0.6 is 11.3 Å². The van der Waals surface area contributed by atoms with E-state index in [1.807, 2.05) is 11.6 Å². The van der Waals surface area contributed by atoms with Crippen LogP contribution in [0.4, 0.5) is 0 Å². The predicted octanol–water partition coefficient (Wildman–Crippen LogP) is 2.09. The molecule has 1 spiro atoms. The van der Waals surface area contributed by atoms with Crippen LogP contribution in [0.15, 0.2) is 36.1 Å². The highest BCUT2D eigenvalue weighted by molar-refractivity contribution is 7.09. The molecule has 6 nitrogen and oxygen atoms in total. The Bertz CT molecular complexity index is 709. The molecule has 0 bridgehead atoms. The third-order valence-corrected chi connectivity index (χ3v) is 5.75. The Morgan fingerprint density at radius 2 is 2.44 bits per heavy atom. The molecule has 2 aromatic rings. The maximum atomic E-state index is 12.4. The minimum Gasteiger partial charge on any atom is -0.373 e. The third-order valence-electron chi connectivity index (χ3n) is 4.99. The van der Waals surface area contributed by atoms with E-state index < -0.39 is 0 Å². The topological polar surface area (TPSA) is 67.3 Å². The van der Waals surface area contributed by atoms with Gasteiger partial charge in [0.1, 0.15) is 5.01 Å². The lowest BCUT2D eigenvalue weighted by molar-refractivity contribution is -0.0793. The van der Waals surface area contributed by atoms with Gasteiger partial charge in [0.25, 0.3) is 5.91 Å². The van der Waals surface area contributed by atoms with Gasteiger partial charge in [-0.2, -0.15) is 0 Å². The second-order valence-electron chi connectivity index (χ2n) is 6.82. The summed E-state index contributed by atoms with van der Waals surface area (Å²) < 4.78 is 6.17. The Morgan fingerprint density at radius 1 is 1.48 bits per heavy atom. The van der Waals surface area contributed by atoms with E-state index in [0.29, 0.717) is 12.2 Å². The fourth-order valence-electron chi connectivity index (χ4n) is 3.79. The van der Waals surface area contributed by atoms with E-state index in [9.17, 15) is 4.79 Å². The summed E-state index contributed by atoms with van der Waals surface area (Å²) in [4.78, 5) is 23.2. The summed E-state index contributed by atoms with van der Waals surface area (Å²) in [5.41, 5.74) is 0.474. The normalized spacial score (nSPS) is 26.8. The Labute approximate surface area is 151 Å². The summed E-state index contributed by atoms with van der Waals surface area (Å²) in [5, 5.41) is 6.32. The predicted molar refractivity (Wildman–Crippen MR) is 95.4 cm³/mol. The highest BCUT2D eigenvalue weighted by Crippen LogP contribution is 2.35. The molecule has 2 saturated heterocycles. The van der Waals surface area contributed by atoms with Crippen LogP contribution in [-0.2, 0) is 11.3 Å². The highest BCUT2D eigenvalue weighted by atomic mass is 32.1. The van der Waals surface area contributed by atoms with E-state index in [0.717, 1.165) is 43.9 Å². The zero-order chi connectivity index (χ0) is 17.1. The molecule has 2 aliphatic heterocycles. The molecule has 0 aromatic carbocycles. The van der Waals surface area contributed by atoms with Gasteiger partial charge in [0, 0.05) is 49.7 Å². The molecular weight excluding hydrogens is 336 g/mol.